The number of nitrogens with zero attached hydrogens (tertiary/aromatic N) is 4. The van der Waals surface area contributed by atoms with Gasteiger partial charge in [0, 0.05) is 36.4 Å². The first kappa shape index (κ1) is 21.9. The van der Waals surface area contributed by atoms with Crippen molar-refractivity contribution in [1.82, 2.24) is 19.7 Å². The number of fused-ring (bicyclic) bond motifs is 1. The van der Waals surface area contributed by atoms with Crippen molar-refractivity contribution in [3.8, 4) is 22.8 Å². The van der Waals surface area contributed by atoms with Gasteiger partial charge in [0.15, 0.2) is 0 Å². The molecule has 0 aliphatic carbocycles. The van der Waals surface area contributed by atoms with Crippen LogP contribution in [0.3, 0.4) is 0 Å². The molecular formula is C28H28N4O2. The zero-order valence-electron chi connectivity index (χ0n) is 19.6. The molecule has 1 amide bonds. The zero-order valence-corrected chi connectivity index (χ0v) is 19.6. The molecule has 0 unspecified atom stereocenters. The van der Waals surface area contributed by atoms with Gasteiger partial charge >= 0.3 is 0 Å². The van der Waals surface area contributed by atoms with Crippen LogP contribution in [0.1, 0.15) is 30.0 Å². The fraction of sp³-hybridized carbons (Fsp3) is 0.250. The van der Waals surface area contributed by atoms with Crippen molar-refractivity contribution in [1.29, 1.82) is 0 Å². The van der Waals surface area contributed by atoms with E-state index in [4.69, 9.17) is 9.84 Å². The van der Waals surface area contributed by atoms with Crippen LogP contribution >= 0.6 is 0 Å². The first-order valence-corrected chi connectivity index (χ1v) is 11.6. The Kier molecular flexibility index (Phi) is 5.88. The van der Waals surface area contributed by atoms with E-state index in [0.29, 0.717) is 6.54 Å². The third-order valence-corrected chi connectivity index (χ3v) is 6.65. The van der Waals surface area contributed by atoms with Gasteiger partial charge in [0.1, 0.15) is 17.2 Å². The number of carbonyl (C=O) groups excluding carboxylic acids is 1. The monoisotopic (exact) mass is 452 g/mol. The molecule has 0 bridgehead atoms. The van der Waals surface area contributed by atoms with Crippen LogP contribution in [0.25, 0.3) is 22.2 Å². The number of aryl methyl sites for hydroxylation is 1. The highest BCUT2D eigenvalue weighted by Gasteiger charge is 2.26. The van der Waals surface area contributed by atoms with Gasteiger partial charge in [0.2, 0.25) is 5.91 Å². The predicted octanol–water partition coefficient (Wildman–Crippen LogP) is 5.86. The first-order chi connectivity index (χ1) is 16.5. The average molecular weight is 453 g/mol. The Morgan fingerprint density at radius 3 is 2.76 bits per heavy atom. The lowest BCUT2D eigenvalue weighted by molar-refractivity contribution is -0.127. The Morgan fingerprint density at radius 1 is 1.15 bits per heavy atom. The number of piperidine rings is 1. The van der Waals surface area contributed by atoms with E-state index < -0.39 is 0 Å². The largest absolute Gasteiger partial charge is 0.457 e. The second-order valence-corrected chi connectivity index (χ2v) is 8.79. The molecule has 1 saturated heterocycles. The normalized spacial score (nSPS) is 15.9. The Balaban J connectivity index is 1.46. The van der Waals surface area contributed by atoms with Crippen LogP contribution in [-0.2, 0) is 4.79 Å². The third-order valence-electron chi connectivity index (χ3n) is 6.65. The minimum absolute atomic E-state index is 0.0255. The topological polar surface area (TPSA) is 60.2 Å². The van der Waals surface area contributed by atoms with Crippen molar-refractivity contribution in [2.24, 2.45) is 0 Å². The lowest BCUT2D eigenvalue weighted by Gasteiger charge is -2.32. The molecule has 1 aliphatic rings. The molecule has 0 N–H and O–H groups in total. The van der Waals surface area contributed by atoms with E-state index in [9.17, 15) is 4.79 Å². The Bertz CT molecular complexity index is 1360. The van der Waals surface area contributed by atoms with E-state index in [1.54, 1.807) is 6.20 Å². The van der Waals surface area contributed by atoms with Gasteiger partial charge in [-0.1, -0.05) is 18.7 Å². The predicted molar refractivity (Wildman–Crippen MR) is 134 cm³/mol. The highest BCUT2D eigenvalue weighted by Crippen LogP contribution is 2.34. The summed E-state index contributed by atoms with van der Waals surface area (Å²) in [6, 6.07) is 16.2. The van der Waals surface area contributed by atoms with E-state index in [2.05, 4.69) is 36.2 Å². The molecule has 1 aliphatic heterocycles. The number of pyridine rings is 1. The summed E-state index contributed by atoms with van der Waals surface area (Å²) in [6.45, 7) is 9.18. The number of hydrogen-bond acceptors (Lipinski definition) is 4. The van der Waals surface area contributed by atoms with Crippen molar-refractivity contribution in [3.63, 3.8) is 0 Å². The molecule has 1 fully saturated rings. The van der Waals surface area contributed by atoms with Crippen LogP contribution in [0.2, 0.25) is 0 Å². The number of benzene rings is 2. The third kappa shape index (κ3) is 4.07. The number of amides is 1. The Hall–Kier alpha value is -3.93. The van der Waals surface area contributed by atoms with E-state index >= 15 is 0 Å². The number of aromatic nitrogens is 3. The molecule has 2 aromatic carbocycles. The molecule has 1 atom stereocenters. The van der Waals surface area contributed by atoms with Crippen LogP contribution in [0, 0.1) is 13.8 Å². The number of hydrogen-bond donors (Lipinski definition) is 0. The van der Waals surface area contributed by atoms with Crippen molar-refractivity contribution in [3.05, 3.63) is 84.7 Å². The van der Waals surface area contributed by atoms with E-state index in [1.807, 2.05) is 53.6 Å². The summed E-state index contributed by atoms with van der Waals surface area (Å²) < 4.78 is 8.19. The molecule has 172 valence electrons. The quantitative estimate of drug-likeness (QED) is 0.356. The molecule has 34 heavy (non-hydrogen) atoms. The van der Waals surface area contributed by atoms with Crippen molar-refractivity contribution in [2.45, 2.75) is 32.7 Å². The molecule has 2 aromatic heterocycles. The maximum Gasteiger partial charge on any atom is 0.246 e. The summed E-state index contributed by atoms with van der Waals surface area (Å²) in [5, 5.41) is 6.01. The molecule has 0 spiro atoms. The minimum atomic E-state index is -0.0255. The Labute approximate surface area is 199 Å². The lowest BCUT2D eigenvalue weighted by Crippen LogP contribution is -2.40. The Morgan fingerprint density at radius 2 is 1.97 bits per heavy atom. The second kappa shape index (κ2) is 9.14. The number of rotatable bonds is 5. The molecule has 0 radical (unpaired) electrons. The minimum Gasteiger partial charge on any atom is -0.457 e. The van der Waals surface area contributed by atoms with Crippen LogP contribution in [-0.4, -0.2) is 38.7 Å². The zero-order chi connectivity index (χ0) is 23.7. The first-order valence-electron chi connectivity index (χ1n) is 11.6. The number of ether oxygens (including phenoxy) is 1. The highest BCUT2D eigenvalue weighted by molar-refractivity contribution is 5.93. The summed E-state index contributed by atoms with van der Waals surface area (Å²) in [5.41, 5.74) is 5.25. The summed E-state index contributed by atoms with van der Waals surface area (Å²) in [6.07, 6.45) is 6.96. The smallest absolute Gasteiger partial charge is 0.246 e. The molecule has 6 nitrogen and oxygen atoms in total. The van der Waals surface area contributed by atoms with E-state index in [-0.39, 0.29) is 11.9 Å². The molecule has 5 rings (SSSR count). The fourth-order valence-corrected chi connectivity index (χ4v) is 4.60. The highest BCUT2D eigenvalue weighted by atomic mass is 16.5. The fourth-order valence-electron chi connectivity index (χ4n) is 4.60. The standard InChI is InChI=1S/C28H28N4O2/c1-4-27(33)31-16-6-8-22(18-31)32-25-14-15-29-17-24(25)28(30-32)21-10-12-23(13-11-21)34-26-9-5-7-19(2)20(26)3/h4-5,7,9-15,17,22H,1,6,8,16,18H2,2-3H3/t22-/m1/s1. The number of likely N-dealkylation sites (tertiary alicyclic amines) is 1. The summed E-state index contributed by atoms with van der Waals surface area (Å²) in [5.74, 6) is 1.62. The SMILES string of the molecule is C=CC(=O)N1CCC[C@@H](n2nc(-c3ccc(Oc4cccc(C)c4C)cc3)c3cnccc32)C1. The van der Waals surface area contributed by atoms with Crippen molar-refractivity contribution in [2.75, 3.05) is 13.1 Å². The van der Waals surface area contributed by atoms with E-state index in [1.165, 1.54) is 11.6 Å². The number of carbonyl (C=O) groups is 1. The van der Waals surface area contributed by atoms with Gasteiger partial charge in [0.25, 0.3) is 0 Å². The van der Waals surface area contributed by atoms with Gasteiger partial charge in [-0.15, -0.1) is 0 Å². The van der Waals surface area contributed by atoms with Crippen LogP contribution in [0.4, 0.5) is 0 Å². The summed E-state index contributed by atoms with van der Waals surface area (Å²) in [4.78, 5) is 18.4. The second-order valence-electron chi connectivity index (χ2n) is 8.79. The molecule has 3 heterocycles. The maximum absolute atomic E-state index is 12.2. The van der Waals surface area contributed by atoms with Gasteiger partial charge in [-0.25, -0.2) is 0 Å². The van der Waals surface area contributed by atoms with Crippen LogP contribution in [0.5, 0.6) is 11.5 Å². The average Bonchev–Trinajstić information content (AvgIpc) is 3.27. The van der Waals surface area contributed by atoms with Crippen LogP contribution < -0.4 is 4.74 Å². The van der Waals surface area contributed by atoms with E-state index in [0.717, 1.165) is 58.6 Å². The van der Waals surface area contributed by atoms with Crippen molar-refractivity contribution >= 4 is 16.8 Å². The van der Waals surface area contributed by atoms with Crippen molar-refractivity contribution < 1.29 is 9.53 Å². The molecule has 0 saturated carbocycles. The molecule has 4 aromatic rings. The van der Waals surface area contributed by atoms with Gasteiger partial charge in [-0.05, 0) is 80.3 Å². The van der Waals surface area contributed by atoms with Gasteiger partial charge in [0.05, 0.1) is 11.6 Å². The lowest BCUT2D eigenvalue weighted by atomic mass is 10.1. The molecule has 6 heteroatoms. The summed E-state index contributed by atoms with van der Waals surface area (Å²) in [7, 11) is 0. The molecular weight excluding hydrogens is 424 g/mol. The van der Waals surface area contributed by atoms with Crippen LogP contribution in [0.15, 0.2) is 73.6 Å². The van der Waals surface area contributed by atoms with Gasteiger partial charge < -0.3 is 9.64 Å². The summed E-state index contributed by atoms with van der Waals surface area (Å²) >= 11 is 0. The van der Waals surface area contributed by atoms with Gasteiger partial charge in [-0.2, -0.15) is 5.10 Å². The maximum atomic E-state index is 12.2. The van der Waals surface area contributed by atoms with Gasteiger partial charge in [-0.3, -0.25) is 14.5 Å².